The third-order valence-corrected chi connectivity index (χ3v) is 5.09. The first-order valence-corrected chi connectivity index (χ1v) is 8.06. The van der Waals surface area contributed by atoms with E-state index in [4.69, 9.17) is 9.52 Å². The highest BCUT2D eigenvalue weighted by Crippen LogP contribution is 2.19. The van der Waals surface area contributed by atoms with E-state index in [-0.39, 0.29) is 17.5 Å². The first-order chi connectivity index (χ1) is 9.66. The van der Waals surface area contributed by atoms with E-state index in [1.165, 1.54) is 26.2 Å². The van der Waals surface area contributed by atoms with Gasteiger partial charge < -0.3 is 14.8 Å². The monoisotopic (exact) mass is 318 g/mol. The molecule has 0 fully saturated rings. The maximum Gasteiger partial charge on any atom is 0.287 e. The Morgan fingerprint density at radius 2 is 2.05 bits per heavy atom. The van der Waals surface area contributed by atoms with Crippen LogP contribution in [0.3, 0.4) is 0 Å². The number of hydrogen-bond acceptors (Lipinski definition) is 5. The lowest BCUT2D eigenvalue weighted by Crippen LogP contribution is -2.46. The van der Waals surface area contributed by atoms with Gasteiger partial charge in [-0.05, 0) is 31.9 Å². The predicted octanol–water partition coefficient (Wildman–Crippen LogP) is 0.811. The van der Waals surface area contributed by atoms with Crippen LogP contribution in [-0.4, -0.2) is 50.0 Å². The number of amides is 1. The molecule has 0 saturated carbocycles. The van der Waals surface area contributed by atoms with Crippen molar-refractivity contribution in [2.24, 2.45) is 0 Å². The van der Waals surface area contributed by atoms with Crippen LogP contribution in [0.5, 0.6) is 0 Å². The zero-order valence-corrected chi connectivity index (χ0v) is 13.5. The van der Waals surface area contributed by atoms with Gasteiger partial charge in [0.2, 0.25) is 5.09 Å². The number of hydrogen-bond donors (Lipinski definition) is 2. The molecule has 1 unspecified atom stereocenters. The maximum atomic E-state index is 12.1. The SMILES string of the molecule is CCC(C)(CCO)NC(=O)c1ccc(S(=O)(=O)N(C)C)o1. The third kappa shape index (κ3) is 4.05. The van der Waals surface area contributed by atoms with E-state index >= 15 is 0 Å². The van der Waals surface area contributed by atoms with Crippen LogP contribution in [-0.2, 0) is 10.0 Å². The zero-order chi connectivity index (χ0) is 16.3. The first kappa shape index (κ1) is 17.7. The Balaban J connectivity index is 2.94. The Kier molecular flexibility index (Phi) is 5.54. The molecule has 0 aliphatic heterocycles. The molecule has 7 nitrogen and oxygen atoms in total. The lowest BCUT2D eigenvalue weighted by atomic mass is 9.95. The normalized spacial score (nSPS) is 15.0. The number of furan rings is 1. The molecule has 1 aromatic rings. The van der Waals surface area contributed by atoms with E-state index in [0.29, 0.717) is 12.8 Å². The van der Waals surface area contributed by atoms with Crippen molar-refractivity contribution < 1.29 is 22.7 Å². The van der Waals surface area contributed by atoms with Crippen molar-refractivity contribution in [2.45, 2.75) is 37.3 Å². The minimum absolute atomic E-state index is 0.0525. The van der Waals surface area contributed by atoms with Crippen LogP contribution >= 0.6 is 0 Å². The Labute approximate surface area is 125 Å². The summed E-state index contributed by atoms with van der Waals surface area (Å²) in [5.41, 5.74) is -0.570. The van der Waals surface area contributed by atoms with Crippen LogP contribution < -0.4 is 5.32 Å². The maximum absolute atomic E-state index is 12.1. The van der Waals surface area contributed by atoms with Crippen LogP contribution in [0.1, 0.15) is 37.2 Å². The van der Waals surface area contributed by atoms with E-state index < -0.39 is 21.5 Å². The van der Waals surface area contributed by atoms with Gasteiger partial charge in [0.05, 0.1) is 0 Å². The molecule has 1 amide bonds. The Hall–Kier alpha value is -1.38. The zero-order valence-electron chi connectivity index (χ0n) is 12.7. The molecule has 1 rings (SSSR count). The molecule has 0 aliphatic rings. The highest BCUT2D eigenvalue weighted by molar-refractivity contribution is 7.88. The van der Waals surface area contributed by atoms with Crippen molar-refractivity contribution in [2.75, 3.05) is 20.7 Å². The van der Waals surface area contributed by atoms with Crippen molar-refractivity contribution in [1.29, 1.82) is 0 Å². The molecule has 8 heteroatoms. The fourth-order valence-electron chi connectivity index (χ4n) is 1.67. The van der Waals surface area contributed by atoms with Gasteiger partial charge in [-0.25, -0.2) is 12.7 Å². The van der Waals surface area contributed by atoms with Gasteiger partial charge in [0, 0.05) is 26.2 Å². The minimum atomic E-state index is -3.70. The number of nitrogens with one attached hydrogen (secondary N) is 1. The van der Waals surface area contributed by atoms with Crippen LogP contribution in [0, 0.1) is 0 Å². The van der Waals surface area contributed by atoms with Crippen molar-refractivity contribution in [3.8, 4) is 0 Å². The third-order valence-electron chi connectivity index (χ3n) is 3.40. The fraction of sp³-hybridized carbons (Fsp3) is 0.615. The summed E-state index contributed by atoms with van der Waals surface area (Å²) in [5, 5.41) is 11.5. The number of aliphatic hydroxyl groups is 1. The van der Waals surface area contributed by atoms with Crippen LogP contribution in [0.2, 0.25) is 0 Å². The molecule has 0 spiro atoms. The molecule has 0 bridgehead atoms. The van der Waals surface area contributed by atoms with Gasteiger partial charge in [-0.1, -0.05) is 6.92 Å². The van der Waals surface area contributed by atoms with Gasteiger partial charge in [0.25, 0.3) is 15.9 Å². The van der Waals surface area contributed by atoms with Crippen molar-refractivity contribution in [3.63, 3.8) is 0 Å². The van der Waals surface area contributed by atoms with Gasteiger partial charge in [0.1, 0.15) is 0 Å². The molecule has 21 heavy (non-hydrogen) atoms. The summed E-state index contributed by atoms with van der Waals surface area (Å²) in [6, 6.07) is 2.57. The quantitative estimate of drug-likeness (QED) is 0.775. The second-order valence-corrected chi connectivity index (χ2v) is 7.33. The second kappa shape index (κ2) is 6.59. The van der Waals surface area contributed by atoms with Crippen molar-refractivity contribution in [3.05, 3.63) is 17.9 Å². The van der Waals surface area contributed by atoms with Gasteiger partial charge in [-0.2, -0.15) is 0 Å². The molecule has 0 radical (unpaired) electrons. The molecular weight excluding hydrogens is 296 g/mol. The summed E-state index contributed by atoms with van der Waals surface area (Å²) in [4.78, 5) is 12.1. The highest BCUT2D eigenvalue weighted by Gasteiger charge is 2.27. The number of aliphatic hydroxyl groups excluding tert-OH is 1. The summed E-state index contributed by atoms with van der Waals surface area (Å²) in [6.07, 6.45) is 1.03. The smallest absolute Gasteiger partial charge is 0.287 e. The molecule has 120 valence electrons. The average Bonchev–Trinajstić information content (AvgIpc) is 2.89. The summed E-state index contributed by atoms with van der Waals surface area (Å²) >= 11 is 0. The molecule has 0 aliphatic carbocycles. The van der Waals surface area contributed by atoms with E-state index in [1.807, 2.05) is 13.8 Å². The van der Waals surface area contributed by atoms with Crippen molar-refractivity contribution >= 4 is 15.9 Å². The number of carbonyl (C=O) groups excluding carboxylic acids is 1. The molecule has 1 aromatic heterocycles. The van der Waals surface area contributed by atoms with E-state index in [0.717, 1.165) is 4.31 Å². The van der Waals surface area contributed by atoms with Gasteiger partial charge in [-0.3, -0.25) is 4.79 Å². The fourth-order valence-corrected chi connectivity index (χ4v) is 2.47. The second-order valence-electron chi connectivity index (χ2n) is 5.25. The number of carbonyl (C=O) groups is 1. The molecule has 0 saturated heterocycles. The van der Waals surface area contributed by atoms with E-state index in [2.05, 4.69) is 5.32 Å². The number of nitrogens with zero attached hydrogens (tertiary/aromatic N) is 1. The van der Waals surface area contributed by atoms with Gasteiger partial charge >= 0.3 is 0 Å². The largest absolute Gasteiger partial charge is 0.438 e. The average molecular weight is 318 g/mol. The van der Waals surface area contributed by atoms with Gasteiger partial charge in [0.15, 0.2) is 5.76 Å². The van der Waals surface area contributed by atoms with Crippen LogP contribution in [0.15, 0.2) is 21.6 Å². The standard InChI is InChI=1S/C13H22N2O5S/c1-5-13(2,8-9-16)14-12(17)10-6-7-11(20-10)21(18,19)15(3)4/h6-7,16H,5,8-9H2,1-4H3,(H,14,17). The molecule has 1 heterocycles. The lowest BCUT2D eigenvalue weighted by Gasteiger charge is -2.28. The van der Waals surface area contributed by atoms with Crippen LogP contribution in [0.25, 0.3) is 0 Å². The summed E-state index contributed by atoms with van der Waals surface area (Å²) < 4.78 is 29.9. The van der Waals surface area contributed by atoms with E-state index in [9.17, 15) is 13.2 Å². The number of sulfonamides is 1. The van der Waals surface area contributed by atoms with Gasteiger partial charge in [-0.15, -0.1) is 0 Å². The molecular formula is C13H22N2O5S. The van der Waals surface area contributed by atoms with E-state index in [1.54, 1.807) is 0 Å². The summed E-state index contributed by atoms with van der Waals surface area (Å²) in [5.74, 6) is -0.582. The summed E-state index contributed by atoms with van der Waals surface area (Å²) in [7, 11) is -0.939. The van der Waals surface area contributed by atoms with Crippen LogP contribution in [0.4, 0.5) is 0 Å². The minimum Gasteiger partial charge on any atom is -0.438 e. The Morgan fingerprint density at radius 3 is 2.52 bits per heavy atom. The Bertz CT molecular complexity index is 593. The molecule has 2 N–H and O–H groups in total. The summed E-state index contributed by atoms with van der Waals surface area (Å²) in [6.45, 7) is 3.64. The Morgan fingerprint density at radius 1 is 1.43 bits per heavy atom. The first-order valence-electron chi connectivity index (χ1n) is 6.62. The highest BCUT2D eigenvalue weighted by atomic mass is 32.2. The number of rotatable bonds is 7. The predicted molar refractivity (Wildman–Crippen MR) is 77.4 cm³/mol. The topological polar surface area (TPSA) is 99.8 Å². The molecule has 0 aromatic carbocycles. The lowest BCUT2D eigenvalue weighted by molar-refractivity contribution is 0.0852. The van der Waals surface area contributed by atoms with Crippen molar-refractivity contribution in [1.82, 2.24) is 9.62 Å². The molecule has 1 atom stereocenters.